The largest absolute Gasteiger partial charge is 0.497 e. The maximum Gasteiger partial charge on any atom is 0.142 e. The third kappa shape index (κ3) is 5.27. The summed E-state index contributed by atoms with van der Waals surface area (Å²) in [4.78, 5) is 8.92. The van der Waals surface area contributed by atoms with Crippen molar-refractivity contribution in [3.8, 4) is 11.5 Å². The van der Waals surface area contributed by atoms with Gasteiger partial charge in [0.15, 0.2) is 0 Å². The Morgan fingerprint density at radius 1 is 0.929 bits per heavy atom. The molecule has 146 valence electrons. The SMILES string of the molecule is COc1ccc(OC)c(Nc2cc(NCCc3ccc(Cl)cc3)nc(C)n2)c1. The second kappa shape index (κ2) is 9.28. The summed E-state index contributed by atoms with van der Waals surface area (Å²) in [7, 11) is 3.26. The van der Waals surface area contributed by atoms with Gasteiger partial charge in [-0.3, -0.25) is 0 Å². The van der Waals surface area contributed by atoms with Crippen LogP contribution in [0.4, 0.5) is 17.3 Å². The van der Waals surface area contributed by atoms with Crippen molar-refractivity contribution in [3.05, 3.63) is 64.9 Å². The predicted octanol–water partition coefficient (Wildman–Crippen LogP) is 4.85. The molecule has 0 unspecified atom stereocenters. The molecular weight excluding hydrogens is 376 g/mol. The number of rotatable bonds is 8. The van der Waals surface area contributed by atoms with Gasteiger partial charge >= 0.3 is 0 Å². The molecule has 28 heavy (non-hydrogen) atoms. The Hall–Kier alpha value is -2.99. The third-order valence-electron chi connectivity index (χ3n) is 4.14. The first-order chi connectivity index (χ1) is 13.6. The Labute approximate surface area is 169 Å². The van der Waals surface area contributed by atoms with E-state index in [9.17, 15) is 0 Å². The molecule has 0 fully saturated rings. The van der Waals surface area contributed by atoms with Crippen LogP contribution in [-0.2, 0) is 6.42 Å². The van der Waals surface area contributed by atoms with Crippen molar-refractivity contribution in [2.24, 2.45) is 0 Å². The summed E-state index contributed by atoms with van der Waals surface area (Å²) in [5.74, 6) is 3.53. The summed E-state index contributed by atoms with van der Waals surface area (Å²) in [6.45, 7) is 2.61. The summed E-state index contributed by atoms with van der Waals surface area (Å²) in [5, 5.41) is 7.37. The molecule has 0 bridgehead atoms. The van der Waals surface area contributed by atoms with Crippen LogP contribution in [0, 0.1) is 6.92 Å². The molecule has 7 heteroatoms. The van der Waals surface area contributed by atoms with Crippen LogP contribution < -0.4 is 20.1 Å². The summed E-state index contributed by atoms with van der Waals surface area (Å²) < 4.78 is 10.7. The van der Waals surface area contributed by atoms with E-state index >= 15 is 0 Å². The number of halogens is 1. The van der Waals surface area contributed by atoms with E-state index in [0.717, 1.165) is 35.2 Å². The van der Waals surface area contributed by atoms with E-state index in [2.05, 4.69) is 20.6 Å². The van der Waals surface area contributed by atoms with Gasteiger partial charge in [-0.05, 0) is 43.2 Å². The van der Waals surface area contributed by atoms with Crippen LogP contribution in [0.15, 0.2) is 48.5 Å². The van der Waals surface area contributed by atoms with E-state index in [-0.39, 0.29) is 0 Å². The summed E-state index contributed by atoms with van der Waals surface area (Å²) in [5.41, 5.74) is 1.98. The molecular formula is C21H23ClN4O2. The normalized spacial score (nSPS) is 10.4. The van der Waals surface area contributed by atoms with Crippen LogP contribution in [0.1, 0.15) is 11.4 Å². The van der Waals surface area contributed by atoms with Crippen LogP contribution in [0.5, 0.6) is 11.5 Å². The Balaban J connectivity index is 1.70. The quantitative estimate of drug-likeness (QED) is 0.565. The lowest BCUT2D eigenvalue weighted by Gasteiger charge is -2.13. The highest BCUT2D eigenvalue weighted by Crippen LogP contribution is 2.31. The fourth-order valence-electron chi connectivity index (χ4n) is 2.76. The average molecular weight is 399 g/mol. The molecule has 0 saturated heterocycles. The molecule has 1 aromatic heterocycles. The number of nitrogens with zero attached hydrogens (tertiary/aromatic N) is 2. The molecule has 0 saturated carbocycles. The van der Waals surface area contributed by atoms with Crippen LogP contribution in [0.2, 0.25) is 5.02 Å². The average Bonchev–Trinajstić information content (AvgIpc) is 2.69. The van der Waals surface area contributed by atoms with Gasteiger partial charge in [0, 0.05) is 23.7 Å². The van der Waals surface area contributed by atoms with Crippen molar-refractivity contribution >= 4 is 28.9 Å². The Morgan fingerprint density at radius 2 is 1.68 bits per heavy atom. The molecule has 3 aromatic rings. The van der Waals surface area contributed by atoms with Gasteiger partial charge in [-0.1, -0.05) is 23.7 Å². The van der Waals surface area contributed by atoms with Crippen molar-refractivity contribution < 1.29 is 9.47 Å². The van der Waals surface area contributed by atoms with Crippen LogP contribution in [0.3, 0.4) is 0 Å². The molecule has 1 heterocycles. The smallest absolute Gasteiger partial charge is 0.142 e. The van der Waals surface area contributed by atoms with E-state index in [0.29, 0.717) is 17.4 Å². The lowest BCUT2D eigenvalue weighted by Crippen LogP contribution is -2.08. The molecule has 2 N–H and O–H groups in total. The maximum atomic E-state index is 5.93. The number of ether oxygens (including phenoxy) is 2. The van der Waals surface area contributed by atoms with Crippen molar-refractivity contribution in [1.82, 2.24) is 9.97 Å². The molecule has 2 aromatic carbocycles. The fraction of sp³-hybridized carbons (Fsp3) is 0.238. The van der Waals surface area contributed by atoms with E-state index in [1.165, 1.54) is 5.56 Å². The lowest BCUT2D eigenvalue weighted by molar-refractivity contribution is 0.405. The van der Waals surface area contributed by atoms with Crippen molar-refractivity contribution in [2.75, 3.05) is 31.4 Å². The summed E-state index contributed by atoms with van der Waals surface area (Å²) in [6, 6.07) is 15.3. The molecule has 0 spiro atoms. The monoisotopic (exact) mass is 398 g/mol. The van der Waals surface area contributed by atoms with Gasteiger partial charge in [-0.25, -0.2) is 9.97 Å². The first-order valence-electron chi connectivity index (χ1n) is 8.90. The Bertz CT molecular complexity index is 932. The first kappa shape index (κ1) is 19.8. The second-order valence-electron chi connectivity index (χ2n) is 6.18. The van der Waals surface area contributed by atoms with Crippen LogP contribution in [-0.4, -0.2) is 30.7 Å². The lowest BCUT2D eigenvalue weighted by atomic mass is 10.1. The van der Waals surface area contributed by atoms with Gasteiger partial charge in [0.1, 0.15) is 29.0 Å². The molecule has 0 amide bonds. The summed E-state index contributed by atoms with van der Waals surface area (Å²) >= 11 is 5.93. The molecule has 0 aliphatic heterocycles. The molecule has 6 nitrogen and oxygen atoms in total. The van der Waals surface area contributed by atoms with E-state index in [1.54, 1.807) is 14.2 Å². The fourth-order valence-corrected chi connectivity index (χ4v) is 2.88. The van der Waals surface area contributed by atoms with Gasteiger partial charge in [0.2, 0.25) is 0 Å². The van der Waals surface area contributed by atoms with Crippen LogP contribution >= 0.6 is 11.6 Å². The zero-order chi connectivity index (χ0) is 19.9. The minimum absolute atomic E-state index is 0.667. The summed E-state index contributed by atoms with van der Waals surface area (Å²) in [6.07, 6.45) is 0.868. The molecule has 0 aliphatic rings. The number of methoxy groups -OCH3 is 2. The predicted molar refractivity (Wildman–Crippen MR) is 113 cm³/mol. The Kier molecular flexibility index (Phi) is 6.55. The number of hydrogen-bond donors (Lipinski definition) is 2. The van der Waals surface area contributed by atoms with Crippen molar-refractivity contribution in [1.29, 1.82) is 0 Å². The van der Waals surface area contributed by atoms with Gasteiger partial charge in [-0.2, -0.15) is 0 Å². The Morgan fingerprint density at radius 3 is 2.39 bits per heavy atom. The standard InChI is InChI=1S/C21H23ClN4O2/c1-14-24-20(23-11-10-15-4-6-16(22)7-5-15)13-21(25-14)26-18-12-17(27-2)8-9-19(18)28-3/h4-9,12-13H,10-11H2,1-3H3,(H2,23,24,25,26). The van der Waals surface area contributed by atoms with Gasteiger partial charge < -0.3 is 20.1 Å². The molecule has 0 aliphatic carbocycles. The number of nitrogens with one attached hydrogen (secondary N) is 2. The maximum absolute atomic E-state index is 5.93. The zero-order valence-corrected chi connectivity index (χ0v) is 16.9. The number of anilines is 3. The molecule has 0 radical (unpaired) electrons. The van der Waals surface area contributed by atoms with Crippen molar-refractivity contribution in [2.45, 2.75) is 13.3 Å². The number of benzene rings is 2. The topological polar surface area (TPSA) is 68.3 Å². The van der Waals surface area contributed by atoms with Gasteiger partial charge in [-0.15, -0.1) is 0 Å². The van der Waals surface area contributed by atoms with Crippen molar-refractivity contribution in [3.63, 3.8) is 0 Å². The van der Waals surface area contributed by atoms with Gasteiger partial charge in [0.25, 0.3) is 0 Å². The highest BCUT2D eigenvalue weighted by atomic mass is 35.5. The van der Waals surface area contributed by atoms with Gasteiger partial charge in [0.05, 0.1) is 19.9 Å². The van der Waals surface area contributed by atoms with E-state index < -0.39 is 0 Å². The third-order valence-corrected chi connectivity index (χ3v) is 4.39. The highest BCUT2D eigenvalue weighted by Gasteiger charge is 2.08. The minimum atomic E-state index is 0.667. The minimum Gasteiger partial charge on any atom is -0.497 e. The number of aryl methyl sites for hydroxylation is 1. The first-order valence-corrected chi connectivity index (χ1v) is 9.28. The number of aromatic nitrogens is 2. The number of hydrogen-bond acceptors (Lipinski definition) is 6. The second-order valence-corrected chi connectivity index (χ2v) is 6.62. The molecule has 3 rings (SSSR count). The van der Waals surface area contributed by atoms with E-state index in [1.807, 2.05) is 55.5 Å². The zero-order valence-electron chi connectivity index (χ0n) is 16.1. The highest BCUT2D eigenvalue weighted by molar-refractivity contribution is 6.30. The van der Waals surface area contributed by atoms with Crippen LogP contribution in [0.25, 0.3) is 0 Å². The van der Waals surface area contributed by atoms with E-state index in [4.69, 9.17) is 21.1 Å². The molecule has 0 atom stereocenters.